The van der Waals surface area contributed by atoms with Crippen LogP contribution in [0.3, 0.4) is 0 Å². The van der Waals surface area contributed by atoms with Gasteiger partial charge in [0.05, 0.1) is 0 Å². The molecule has 0 fully saturated rings. The van der Waals surface area contributed by atoms with Gasteiger partial charge in [0, 0.05) is 23.8 Å². The van der Waals surface area contributed by atoms with Crippen molar-refractivity contribution in [1.29, 1.82) is 0 Å². The molecule has 0 bridgehead atoms. The van der Waals surface area contributed by atoms with Gasteiger partial charge in [0.1, 0.15) is 17.9 Å². The number of nitrogens with one attached hydrogen (secondary N) is 1. The Kier molecular flexibility index (Phi) is 3.58. The Hall–Kier alpha value is -2.40. The van der Waals surface area contributed by atoms with Crippen molar-refractivity contribution in [1.82, 2.24) is 19.9 Å². The summed E-state index contributed by atoms with van der Waals surface area (Å²) >= 11 is 6.05. The van der Waals surface area contributed by atoms with Crippen LogP contribution >= 0.6 is 11.6 Å². The van der Waals surface area contributed by atoms with Gasteiger partial charge in [-0.3, -0.25) is 9.36 Å². The minimum atomic E-state index is -0.108. The monoisotopic (exact) mass is 300 g/mol. The molecule has 0 atom stereocenters. The van der Waals surface area contributed by atoms with Crippen LogP contribution in [0, 0.1) is 0 Å². The fraction of sp³-hybridized carbons (Fsp3) is 0.133. The molecule has 5 nitrogen and oxygen atoms in total. The zero-order valence-electron chi connectivity index (χ0n) is 11.4. The van der Waals surface area contributed by atoms with Gasteiger partial charge in [0.25, 0.3) is 0 Å². The Morgan fingerprint density at radius 2 is 2.19 bits per heavy atom. The highest BCUT2D eigenvalue weighted by Gasteiger charge is 2.15. The molecule has 1 aromatic carbocycles. The van der Waals surface area contributed by atoms with Crippen LogP contribution in [0.2, 0.25) is 5.02 Å². The van der Waals surface area contributed by atoms with Gasteiger partial charge in [-0.25, -0.2) is 9.97 Å². The molecule has 0 aliphatic rings. The van der Waals surface area contributed by atoms with Crippen LogP contribution < -0.4 is 5.32 Å². The summed E-state index contributed by atoms with van der Waals surface area (Å²) in [5, 5.41) is 3.24. The number of halogens is 1. The summed E-state index contributed by atoms with van der Waals surface area (Å²) in [6.07, 6.45) is 1.69. The Bertz CT molecular complexity index is 812. The SMILES string of the molecule is CNC(=O)Cn1c(-c2cccc(Cl)c2)nc2cccnc21. The highest BCUT2D eigenvalue weighted by atomic mass is 35.5. The fourth-order valence-electron chi connectivity index (χ4n) is 2.18. The number of rotatable bonds is 3. The quantitative estimate of drug-likeness (QED) is 0.808. The highest BCUT2D eigenvalue weighted by Crippen LogP contribution is 2.25. The molecule has 6 heteroatoms. The van der Waals surface area contributed by atoms with E-state index in [1.54, 1.807) is 23.9 Å². The number of imidazole rings is 1. The number of hydrogen-bond donors (Lipinski definition) is 1. The molecule has 2 aromatic heterocycles. The van der Waals surface area contributed by atoms with Crippen LogP contribution in [-0.4, -0.2) is 27.5 Å². The number of amides is 1. The lowest BCUT2D eigenvalue weighted by molar-refractivity contribution is -0.121. The van der Waals surface area contributed by atoms with Crippen molar-refractivity contribution >= 4 is 28.7 Å². The van der Waals surface area contributed by atoms with Gasteiger partial charge >= 0.3 is 0 Å². The van der Waals surface area contributed by atoms with E-state index in [0.717, 1.165) is 11.1 Å². The van der Waals surface area contributed by atoms with E-state index in [1.165, 1.54) is 0 Å². The first-order chi connectivity index (χ1) is 10.2. The standard InChI is InChI=1S/C15H13ClN4O/c1-17-13(21)9-20-14(10-4-2-5-11(16)8-10)19-12-6-3-7-18-15(12)20/h2-8H,9H2,1H3,(H,17,21). The van der Waals surface area contributed by atoms with E-state index in [-0.39, 0.29) is 12.5 Å². The number of pyridine rings is 1. The molecule has 3 aromatic rings. The Morgan fingerprint density at radius 3 is 2.95 bits per heavy atom. The lowest BCUT2D eigenvalue weighted by atomic mass is 10.2. The maximum Gasteiger partial charge on any atom is 0.239 e. The van der Waals surface area contributed by atoms with Gasteiger partial charge < -0.3 is 5.32 Å². The third-order valence-corrected chi connectivity index (χ3v) is 3.40. The van der Waals surface area contributed by atoms with Crippen LogP contribution in [0.25, 0.3) is 22.6 Å². The molecular weight excluding hydrogens is 288 g/mol. The highest BCUT2D eigenvalue weighted by molar-refractivity contribution is 6.30. The normalized spacial score (nSPS) is 10.8. The molecule has 1 N–H and O–H groups in total. The number of fused-ring (bicyclic) bond motifs is 1. The topological polar surface area (TPSA) is 59.8 Å². The molecule has 1 amide bonds. The number of hydrogen-bond acceptors (Lipinski definition) is 3. The van der Waals surface area contributed by atoms with Gasteiger partial charge in [0.2, 0.25) is 5.91 Å². The minimum absolute atomic E-state index is 0.108. The molecule has 0 saturated carbocycles. The zero-order chi connectivity index (χ0) is 14.8. The molecule has 106 valence electrons. The van der Waals surface area contributed by atoms with E-state index in [0.29, 0.717) is 16.5 Å². The minimum Gasteiger partial charge on any atom is -0.358 e. The average molecular weight is 301 g/mol. The number of likely N-dealkylation sites (N-methyl/N-ethyl adjacent to an activating group) is 1. The summed E-state index contributed by atoms with van der Waals surface area (Å²) < 4.78 is 1.79. The van der Waals surface area contributed by atoms with Gasteiger partial charge in [-0.1, -0.05) is 23.7 Å². The molecule has 21 heavy (non-hydrogen) atoms. The van der Waals surface area contributed by atoms with Crippen molar-refractivity contribution in [3.63, 3.8) is 0 Å². The molecule has 0 aliphatic carbocycles. The van der Waals surface area contributed by atoms with Gasteiger partial charge in [-0.05, 0) is 24.3 Å². The molecule has 0 spiro atoms. The van der Waals surface area contributed by atoms with Gasteiger partial charge in [-0.2, -0.15) is 0 Å². The maximum atomic E-state index is 11.8. The second kappa shape index (κ2) is 5.54. The van der Waals surface area contributed by atoms with Crippen molar-refractivity contribution in [2.75, 3.05) is 7.05 Å². The van der Waals surface area contributed by atoms with E-state index in [1.807, 2.05) is 30.3 Å². The molecule has 2 heterocycles. The number of carbonyl (C=O) groups is 1. The zero-order valence-corrected chi connectivity index (χ0v) is 12.1. The number of nitrogens with zero attached hydrogens (tertiary/aromatic N) is 3. The van der Waals surface area contributed by atoms with E-state index in [4.69, 9.17) is 11.6 Å². The van der Waals surface area contributed by atoms with E-state index >= 15 is 0 Å². The molecule has 0 unspecified atom stereocenters. The second-order valence-corrected chi connectivity index (χ2v) is 4.99. The van der Waals surface area contributed by atoms with Crippen LogP contribution in [-0.2, 0) is 11.3 Å². The van der Waals surface area contributed by atoms with Crippen LogP contribution in [0.15, 0.2) is 42.6 Å². The Labute approximate surface area is 126 Å². The smallest absolute Gasteiger partial charge is 0.239 e. The average Bonchev–Trinajstić information content (AvgIpc) is 2.86. The van der Waals surface area contributed by atoms with E-state index < -0.39 is 0 Å². The van der Waals surface area contributed by atoms with E-state index in [9.17, 15) is 4.79 Å². The summed E-state index contributed by atoms with van der Waals surface area (Å²) in [6, 6.07) is 11.1. The third kappa shape index (κ3) is 2.60. The van der Waals surface area contributed by atoms with Crippen molar-refractivity contribution in [3.05, 3.63) is 47.6 Å². The predicted molar refractivity (Wildman–Crippen MR) is 82.0 cm³/mol. The van der Waals surface area contributed by atoms with Crippen LogP contribution in [0.5, 0.6) is 0 Å². The first-order valence-electron chi connectivity index (χ1n) is 6.47. The molecule has 0 radical (unpaired) electrons. The van der Waals surface area contributed by atoms with Crippen LogP contribution in [0.4, 0.5) is 0 Å². The first-order valence-corrected chi connectivity index (χ1v) is 6.84. The van der Waals surface area contributed by atoms with Crippen molar-refractivity contribution < 1.29 is 4.79 Å². The maximum absolute atomic E-state index is 11.8. The number of benzene rings is 1. The summed E-state index contributed by atoms with van der Waals surface area (Å²) in [7, 11) is 1.61. The Morgan fingerprint density at radius 1 is 1.33 bits per heavy atom. The summed E-state index contributed by atoms with van der Waals surface area (Å²) in [5.74, 6) is 0.568. The van der Waals surface area contributed by atoms with Gasteiger partial charge in [0.15, 0.2) is 5.65 Å². The van der Waals surface area contributed by atoms with Crippen molar-refractivity contribution in [2.45, 2.75) is 6.54 Å². The molecular formula is C15H13ClN4O. The number of carbonyl (C=O) groups excluding carboxylic acids is 1. The molecule has 3 rings (SSSR count). The largest absolute Gasteiger partial charge is 0.358 e. The van der Waals surface area contributed by atoms with Crippen LogP contribution in [0.1, 0.15) is 0 Å². The van der Waals surface area contributed by atoms with E-state index in [2.05, 4.69) is 15.3 Å². The first kappa shape index (κ1) is 13.6. The molecule has 0 aliphatic heterocycles. The summed E-state index contributed by atoms with van der Waals surface area (Å²) in [6.45, 7) is 0.159. The second-order valence-electron chi connectivity index (χ2n) is 4.55. The Balaban J connectivity index is 2.21. The lowest BCUT2D eigenvalue weighted by Gasteiger charge is -2.08. The van der Waals surface area contributed by atoms with Crippen molar-refractivity contribution in [2.24, 2.45) is 0 Å². The van der Waals surface area contributed by atoms with Crippen molar-refractivity contribution in [3.8, 4) is 11.4 Å². The predicted octanol–water partition coefficient (Wildman–Crippen LogP) is 2.50. The summed E-state index contributed by atoms with van der Waals surface area (Å²) in [5.41, 5.74) is 2.27. The number of aromatic nitrogens is 3. The van der Waals surface area contributed by atoms with Gasteiger partial charge in [-0.15, -0.1) is 0 Å². The summed E-state index contributed by atoms with van der Waals surface area (Å²) in [4.78, 5) is 20.7. The lowest BCUT2D eigenvalue weighted by Crippen LogP contribution is -2.24. The third-order valence-electron chi connectivity index (χ3n) is 3.17. The fourth-order valence-corrected chi connectivity index (χ4v) is 2.37. The molecule has 0 saturated heterocycles.